The van der Waals surface area contributed by atoms with Gasteiger partial charge in [0.15, 0.2) is 0 Å². The second-order valence-electron chi connectivity index (χ2n) is 4.70. The lowest BCUT2D eigenvalue weighted by atomic mass is 9.75. The molecule has 0 bridgehead atoms. The van der Waals surface area contributed by atoms with Crippen LogP contribution in [-0.2, 0) is 9.53 Å². The number of nitrogens with two attached hydrogens (primary N) is 1. The van der Waals surface area contributed by atoms with Crippen molar-refractivity contribution in [2.24, 2.45) is 11.7 Å². The molecule has 3 N–H and O–H groups in total. The Kier molecular flexibility index (Phi) is 4.98. The monoisotopic (exact) mass is 268 g/mol. The van der Waals surface area contributed by atoms with E-state index in [1.165, 1.54) is 7.11 Å². The van der Waals surface area contributed by atoms with Crippen LogP contribution in [0, 0.1) is 5.92 Å². The van der Waals surface area contributed by atoms with Gasteiger partial charge in [0.05, 0.1) is 18.1 Å². The number of alkyl halides is 3. The Bertz CT molecular complexity index is 297. The van der Waals surface area contributed by atoms with Gasteiger partial charge < -0.3 is 15.8 Å². The molecular weight excluding hydrogens is 249 g/mol. The fraction of sp³-hybridized carbons (Fsp3) is 0.909. The second kappa shape index (κ2) is 5.88. The molecule has 18 heavy (non-hydrogen) atoms. The molecule has 0 aliphatic heterocycles. The fourth-order valence-electron chi connectivity index (χ4n) is 2.42. The predicted octanol–water partition coefficient (Wildman–Crippen LogP) is 1.20. The second-order valence-corrected chi connectivity index (χ2v) is 4.70. The normalized spacial score (nSPS) is 29.2. The molecule has 1 fully saturated rings. The van der Waals surface area contributed by atoms with E-state index in [4.69, 9.17) is 10.5 Å². The summed E-state index contributed by atoms with van der Waals surface area (Å²) in [5, 5.41) is 2.84. The minimum absolute atomic E-state index is 0.0600. The van der Waals surface area contributed by atoms with Crippen molar-refractivity contribution in [3.63, 3.8) is 0 Å². The summed E-state index contributed by atoms with van der Waals surface area (Å²) in [6.45, 7) is 0.635. The zero-order valence-corrected chi connectivity index (χ0v) is 10.3. The van der Waals surface area contributed by atoms with Crippen molar-refractivity contribution in [1.29, 1.82) is 0 Å². The maximum atomic E-state index is 12.7. The third-order valence-corrected chi connectivity index (χ3v) is 3.46. The summed E-state index contributed by atoms with van der Waals surface area (Å²) in [7, 11) is 1.48. The molecule has 7 heteroatoms. The van der Waals surface area contributed by atoms with Crippen LogP contribution in [0.4, 0.5) is 13.2 Å². The number of methoxy groups -OCH3 is 1. The first-order chi connectivity index (χ1) is 8.32. The molecule has 0 aromatic carbocycles. The van der Waals surface area contributed by atoms with Gasteiger partial charge in [0.2, 0.25) is 5.91 Å². The summed E-state index contributed by atoms with van der Waals surface area (Å²) in [4.78, 5) is 11.5. The molecule has 106 valence electrons. The van der Waals surface area contributed by atoms with Crippen LogP contribution in [0.25, 0.3) is 0 Å². The third-order valence-electron chi connectivity index (χ3n) is 3.46. The first kappa shape index (κ1) is 15.2. The number of nitrogens with one attached hydrogen (secondary N) is 1. The molecule has 1 saturated carbocycles. The van der Waals surface area contributed by atoms with E-state index in [0.717, 1.165) is 0 Å². The molecule has 0 aromatic heterocycles. The van der Waals surface area contributed by atoms with E-state index in [1.54, 1.807) is 0 Å². The Morgan fingerprint density at radius 1 is 1.56 bits per heavy atom. The average Bonchev–Trinajstić information content (AvgIpc) is 2.28. The number of ether oxygens (including phenoxy) is 1. The van der Waals surface area contributed by atoms with Gasteiger partial charge in [-0.3, -0.25) is 4.79 Å². The lowest BCUT2D eigenvalue weighted by molar-refractivity contribution is -0.188. The summed E-state index contributed by atoms with van der Waals surface area (Å²) >= 11 is 0. The van der Waals surface area contributed by atoms with Crippen LogP contribution in [0.2, 0.25) is 0 Å². The fourth-order valence-corrected chi connectivity index (χ4v) is 2.42. The lowest BCUT2D eigenvalue weighted by Gasteiger charge is -2.39. The molecule has 1 rings (SSSR count). The predicted molar refractivity (Wildman–Crippen MR) is 59.8 cm³/mol. The highest BCUT2D eigenvalue weighted by Gasteiger charge is 2.49. The van der Waals surface area contributed by atoms with Crippen molar-refractivity contribution in [3.8, 4) is 0 Å². The summed E-state index contributed by atoms with van der Waals surface area (Å²) in [5.74, 6) is -2.18. The minimum Gasteiger partial charge on any atom is -0.383 e. The smallest absolute Gasteiger partial charge is 0.383 e. The number of amides is 1. The molecule has 2 unspecified atom stereocenters. The summed E-state index contributed by atoms with van der Waals surface area (Å²) < 4.78 is 43.0. The van der Waals surface area contributed by atoms with Crippen molar-refractivity contribution in [2.75, 3.05) is 20.3 Å². The molecule has 4 nitrogen and oxygen atoms in total. The van der Waals surface area contributed by atoms with E-state index in [2.05, 4.69) is 5.32 Å². The molecule has 1 aliphatic rings. The van der Waals surface area contributed by atoms with E-state index in [1.807, 2.05) is 0 Å². The van der Waals surface area contributed by atoms with Crippen molar-refractivity contribution < 1.29 is 22.7 Å². The Morgan fingerprint density at radius 2 is 2.22 bits per heavy atom. The molecule has 0 aromatic rings. The van der Waals surface area contributed by atoms with Crippen molar-refractivity contribution in [1.82, 2.24) is 5.32 Å². The van der Waals surface area contributed by atoms with Crippen LogP contribution in [0.15, 0.2) is 0 Å². The number of halogens is 3. The minimum atomic E-state index is -4.27. The third kappa shape index (κ3) is 3.58. The Balaban J connectivity index is 2.74. The SMILES string of the molecule is COCCNC1(C(N)=O)CCCC(C(F)(F)F)C1. The van der Waals surface area contributed by atoms with Gasteiger partial charge in [0, 0.05) is 13.7 Å². The van der Waals surface area contributed by atoms with E-state index in [0.29, 0.717) is 26.0 Å². The van der Waals surface area contributed by atoms with Gasteiger partial charge >= 0.3 is 6.18 Å². The van der Waals surface area contributed by atoms with Crippen LogP contribution in [0.1, 0.15) is 25.7 Å². The highest BCUT2D eigenvalue weighted by molar-refractivity contribution is 5.84. The van der Waals surface area contributed by atoms with Crippen LogP contribution in [0.3, 0.4) is 0 Å². The molecule has 2 atom stereocenters. The molecule has 1 aliphatic carbocycles. The van der Waals surface area contributed by atoms with Crippen molar-refractivity contribution in [3.05, 3.63) is 0 Å². The highest BCUT2D eigenvalue weighted by Crippen LogP contribution is 2.41. The zero-order valence-electron chi connectivity index (χ0n) is 10.3. The number of rotatable bonds is 5. The summed E-state index contributed by atoms with van der Waals surface area (Å²) in [5.41, 5.74) is 4.03. The van der Waals surface area contributed by atoms with Gasteiger partial charge in [-0.05, 0) is 19.3 Å². The Morgan fingerprint density at radius 3 is 2.72 bits per heavy atom. The number of hydrogen-bond donors (Lipinski definition) is 2. The van der Waals surface area contributed by atoms with Crippen LogP contribution >= 0.6 is 0 Å². The quantitative estimate of drug-likeness (QED) is 0.736. The van der Waals surface area contributed by atoms with Gasteiger partial charge in [0.1, 0.15) is 0 Å². The Hall–Kier alpha value is -0.820. The van der Waals surface area contributed by atoms with Gasteiger partial charge in [-0.25, -0.2) is 0 Å². The van der Waals surface area contributed by atoms with E-state index >= 15 is 0 Å². The Labute approximate surface area is 104 Å². The largest absolute Gasteiger partial charge is 0.391 e. The van der Waals surface area contributed by atoms with E-state index in [9.17, 15) is 18.0 Å². The summed E-state index contributed by atoms with van der Waals surface area (Å²) in [6.07, 6.45) is -3.81. The lowest BCUT2D eigenvalue weighted by Crippen LogP contribution is -2.59. The van der Waals surface area contributed by atoms with Crippen LogP contribution in [0.5, 0.6) is 0 Å². The molecule has 0 heterocycles. The number of carbonyl (C=O) groups excluding carboxylic acids is 1. The highest BCUT2D eigenvalue weighted by atomic mass is 19.4. The molecule has 0 spiro atoms. The molecule has 0 radical (unpaired) electrons. The molecule has 0 saturated heterocycles. The van der Waals surface area contributed by atoms with Crippen LogP contribution in [-0.4, -0.2) is 37.9 Å². The average molecular weight is 268 g/mol. The first-order valence-electron chi connectivity index (χ1n) is 5.92. The number of primary amides is 1. The van der Waals surface area contributed by atoms with Gasteiger partial charge in [-0.2, -0.15) is 13.2 Å². The topological polar surface area (TPSA) is 64.3 Å². The standard InChI is InChI=1S/C11H19F3N2O2/c1-18-6-5-16-10(9(15)17)4-2-3-8(7-10)11(12,13)14/h8,16H,2-7H2,1H3,(H2,15,17). The number of hydrogen-bond acceptors (Lipinski definition) is 3. The van der Waals surface area contributed by atoms with Gasteiger partial charge in [-0.1, -0.05) is 6.42 Å². The first-order valence-corrected chi connectivity index (χ1v) is 5.92. The van der Waals surface area contributed by atoms with Gasteiger partial charge in [0.25, 0.3) is 0 Å². The van der Waals surface area contributed by atoms with E-state index in [-0.39, 0.29) is 12.8 Å². The number of carbonyl (C=O) groups is 1. The zero-order chi connectivity index (χ0) is 13.8. The molecule has 1 amide bonds. The van der Waals surface area contributed by atoms with E-state index < -0.39 is 23.5 Å². The maximum absolute atomic E-state index is 12.7. The van der Waals surface area contributed by atoms with Crippen molar-refractivity contribution in [2.45, 2.75) is 37.4 Å². The van der Waals surface area contributed by atoms with Crippen molar-refractivity contribution >= 4 is 5.91 Å². The van der Waals surface area contributed by atoms with Gasteiger partial charge in [-0.15, -0.1) is 0 Å². The molecular formula is C11H19F3N2O2. The summed E-state index contributed by atoms with van der Waals surface area (Å²) in [6, 6.07) is 0. The van der Waals surface area contributed by atoms with Crippen LogP contribution < -0.4 is 11.1 Å². The maximum Gasteiger partial charge on any atom is 0.391 e.